The minimum atomic E-state index is -4.40. The molecule has 0 aliphatic rings. The molecule has 2 heterocycles. The van der Waals surface area contributed by atoms with Gasteiger partial charge in [-0.15, -0.1) is 24.0 Å². The van der Waals surface area contributed by atoms with Gasteiger partial charge in [-0.1, -0.05) is 19.0 Å². The standard InChI is InChI=1S/C17H22F3N5O2.HI/c1-11(2)14-7-13(27-25-14)9-24-16(21-3)23-8-12-4-5-22-15(6-12)26-10-17(18,19)20;/h4-7,11H,8-10H2,1-3H3,(H2,21,23,24);1H. The van der Waals surface area contributed by atoms with Crippen LogP contribution in [0.25, 0.3) is 0 Å². The molecular formula is C17H23F3IN5O2. The zero-order chi connectivity index (χ0) is 19.9. The third-order valence-electron chi connectivity index (χ3n) is 3.47. The van der Waals surface area contributed by atoms with Crippen LogP contribution >= 0.6 is 24.0 Å². The van der Waals surface area contributed by atoms with E-state index >= 15 is 0 Å². The number of ether oxygens (including phenoxy) is 1. The highest BCUT2D eigenvalue weighted by atomic mass is 127. The van der Waals surface area contributed by atoms with Crippen molar-refractivity contribution >= 4 is 29.9 Å². The van der Waals surface area contributed by atoms with Crippen LogP contribution in [0.1, 0.15) is 36.8 Å². The van der Waals surface area contributed by atoms with Gasteiger partial charge in [-0.25, -0.2) is 4.98 Å². The fraction of sp³-hybridized carbons (Fsp3) is 0.471. The molecule has 0 saturated heterocycles. The number of aliphatic imine (C=N–C) groups is 1. The maximum atomic E-state index is 12.2. The van der Waals surface area contributed by atoms with Gasteiger partial charge < -0.3 is 19.9 Å². The average Bonchev–Trinajstić information content (AvgIpc) is 3.09. The first-order chi connectivity index (χ1) is 12.8. The quantitative estimate of drug-likeness (QED) is 0.335. The molecule has 7 nitrogen and oxygen atoms in total. The van der Waals surface area contributed by atoms with Crippen LogP contribution in [0.3, 0.4) is 0 Å². The van der Waals surface area contributed by atoms with E-state index in [2.05, 4.69) is 30.5 Å². The van der Waals surface area contributed by atoms with Crippen LogP contribution in [0, 0.1) is 0 Å². The predicted octanol–water partition coefficient (Wildman–Crippen LogP) is 3.62. The molecular weight excluding hydrogens is 490 g/mol. The Hall–Kier alpha value is -2.05. The van der Waals surface area contributed by atoms with Crippen LogP contribution in [0.15, 0.2) is 33.9 Å². The maximum absolute atomic E-state index is 12.2. The SMILES string of the molecule is CN=C(NCc1ccnc(OCC(F)(F)F)c1)NCc1cc(C(C)C)no1.I. The van der Waals surface area contributed by atoms with Crippen molar-refractivity contribution in [1.29, 1.82) is 0 Å². The van der Waals surface area contributed by atoms with Crippen LogP contribution in [0.4, 0.5) is 13.2 Å². The number of rotatable bonds is 7. The minimum absolute atomic E-state index is 0. The van der Waals surface area contributed by atoms with E-state index in [9.17, 15) is 13.2 Å². The average molecular weight is 513 g/mol. The number of aromatic nitrogens is 2. The lowest BCUT2D eigenvalue weighted by Crippen LogP contribution is -2.36. The molecule has 2 aromatic rings. The van der Waals surface area contributed by atoms with Gasteiger partial charge in [-0.2, -0.15) is 13.2 Å². The Morgan fingerprint density at radius 1 is 1.25 bits per heavy atom. The third kappa shape index (κ3) is 8.31. The summed E-state index contributed by atoms with van der Waals surface area (Å²) >= 11 is 0. The summed E-state index contributed by atoms with van der Waals surface area (Å²) in [7, 11) is 1.61. The van der Waals surface area contributed by atoms with Crippen LogP contribution in [-0.2, 0) is 13.1 Å². The number of nitrogens with zero attached hydrogens (tertiary/aromatic N) is 3. The summed E-state index contributed by atoms with van der Waals surface area (Å²) in [6.07, 6.45) is -3.01. The number of alkyl halides is 3. The molecule has 0 atom stereocenters. The van der Waals surface area contributed by atoms with Crippen molar-refractivity contribution < 1.29 is 22.4 Å². The van der Waals surface area contributed by atoms with Gasteiger partial charge in [-0.05, 0) is 17.5 Å². The molecule has 2 aromatic heterocycles. The van der Waals surface area contributed by atoms with Crippen molar-refractivity contribution in [2.75, 3.05) is 13.7 Å². The minimum Gasteiger partial charge on any atom is -0.468 e. The Labute approximate surface area is 178 Å². The largest absolute Gasteiger partial charge is 0.468 e. The second-order valence-electron chi connectivity index (χ2n) is 6.06. The molecule has 156 valence electrons. The van der Waals surface area contributed by atoms with Crippen LogP contribution < -0.4 is 15.4 Å². The predicted molar refractivity (Wildman–Crippen MR) is 109 cm³/mol. The van der Waals surface area contributed by atoms with Gasteiger partial charge in [0.2, 0.25) is 5.88 Å². The van der Waals surface area contributed by atoms with Crippen molar-refractivity contribution in [1.82, 2.24) is 20.8 Å². The number of guanidine groups is 1. The number of nitrogens with one attached hydrogen (secondary N) is 2. The van der Waals surface area contributed by atoms with Gasteiger partial charge in [0.25, 0.3) is 0 Å². The number of hydrogen-bond donors (Lipinski definition) is 2. The van der Waals surface area contributed by atoms with Crippen molar-refractivity contribution in [3.63, 3.8) is 0 Å². The molecule has 2 N–H and O–H groups in total. The molecule has 11 heteroatoms. The Balaban J connectivity index is 0.00000392. The summed E-state index contributed by atoms with van der Waals surface area (Å²) in [5.74, 6) is 1.37. The van der Waals surface area contributed by atoms with Gasteiger partial charge >= 0.3 is 6.18 Å². The van der Waals surface area contributed by atoms with Crippen LogP contribution in [-0.4, -0.2) is 35.9 Å². The summed E-state index contributed by atoms with van der Waals surface area (Å²) in [4.78, 5) is 7.85. The van der Waals surface area contributed by atoms with Gasteiger partial charge in [0.1, 0.15) is 0 Å². The molecule has 0 aliphatic heterocycles. The molecule has 0 saturated carbocycles. The zero-order valence-corrected chi connectivity index (χ0v) is 18.0. The Bertz CT molecular complexity index is 765. The summed E-state index contributed by atoms with van der Waals surface area (Å²) in [5, 5.41) is 10.1. The first-order valence-electron chi connectivity index (χ1n) is 8.31. The number of pyridine rings is 1. The van der Waals surface area contributed by atoms with Gasteiger partial charge in [-0.3, -0.25) is 4.99 Å². The summed E-state index contributed by atoms with van der Waals surface area (Å²) in [5.41, 5.74) is 1.57. The van der Waals surface area contributed by atoms with Crippen molar-refractivity contribution in [3.05, 3.63) is 41.4 Å². The fourth-order valence-electron chi connectivity index (χ4n) is 2.06. The van der Waals surface area contributed by atoms with E-state index in [1.807, 2.05) is 19.9 Å². The molecule has 0 amide bonds. The van der Waals surface area contributed by atoms with E-state index < -0.39 is 12.8 Å². The molecule has 0 bridgehead atoms. The lowest BCUT2D eigenvalue weighted by Gasteiger charge is -2.12. The van der Waals surface area contributed by atoms with Gasteiger partial charge in [0.15, 0.2) is 18.3 Å². The van der Waals surface area contributed by atoms with E-state index in [4.69, 9.17) is 4.52 Å². The number of halogens is 4. The van der Waals surface area contributed by atoms with E-state index in [0.717, 1.165) is 5.69 Å². The zero-order valence-electron chi connectivity index (χ0n) is 15.7. The molecule has 0 aromatic carbocycles. The fourth-order valence-corrected chi connectivity index (χ4v) is 2.06. The first kappa shape index (κ1) is 24.0. The molecule has 0 spiro atoms. The Kier molecular flexibility index (Phi) is 9.49. The van der Waals surface area contributed by atoms with Crippen LogP contribution in [0.2, 0.25) is 0 Å². The summed E-state index contributed by atoms with van der Waals surface area (Å²) in [6.45, 7) is 3.40. The normalized spacial score (nSPS) is 11.9. The summed E-state index contributed by atoms with van der Waals surface area (Å²) in [6, 6.07) is 4.99. The van der Waals surface area contributed by atoms with Crippen molar-refractivity contribution in [2.45, 2.75) is 39.0 Å². The van der Waals surface area contributed by atoms with Crippen molar-refractivity contribution in [3.8, 4) is 5.88 Å². The molecule has 28 heavy (non-hydrogen) atoms. The smallest absolute Gasteiger partial charge is 0.422 e. The second-order valence-corrected chi connectivity index (χ2v) is 6.06. The Morgan fingerprint density at radius 3 is 2.57 bits per heavy atom. The highest BCUT2D eigenvalue weighted by Crippen LogP contribution is 2.17. The monoisotopic (exact) mass is 513 g/mol. The Morgan fingerprint density at radius 2 is 1.96 bits per heavy atom. The first-order valence-corrected chi connectivity index (χ1v) is 8.31. The van der Waals surface area contributed by atoms with Gasteiger partial charge in [0, 0.05) is 31.9 Å². The van der Waals surface area contributed by atoms with E-state index in [1.54, 1.807) is 13.1 Å². The van der Waals surface area contributed by atoms with Crippen molar-refractivity contribution in [2.24, 2.45) is 4.99 Å². The molecule has 2 rings (SSSR count). The third-order valence-corrected chi connectivity index (χ3v) is 3.47. The van der Waals surface area contributed by atoms with Crippen LogP contribution in [0.5, 0.6) is 5.88 Å². The molecule has 0 aliphatic carbocycles. The van der Waals surface area contributed by atoms with Gasteiger partial charge in [0.05, 0.1) is 12.2 Å². The summed E-state index contributed by atoms with van der Waals surface area (Å²) < 4.78 is 46.5. The molecule has 0 radical (unpaired) electrons. The highest BCUT2D eigenvalue weighted by Gasteiger charge is 2.28. The van der Waals surface area contributed by atoms with E-state index in [-0.39, 0.29) is 35.8 Å². The molecule has 0 fully saturated rings. The number of hydrogen-bond acceptors (Lipinski definition) is 5. The molecule has 0 unspecified atom stereocenters. The topological polar surface area (TPSA) is 84.6 Å². The van der Waals surface area contributed by atoms with E-state index in [0.29, 0.717) is 30.4 Å². The maximum Gasteiger partial charge on any atom is 0.422 e. The second kappa shape index (κ2) is 11.1. The lowest BCUT2D eigenvalue weighted by molar-refractivity contribution is -0.154. The highest BCUT2D eigenvalue weighted by molar-refractivity contribution is 14.0. The van der Waals surface area contributed by atoms with E-state index in [1.165, 1.54) is 12.3 Å². The lowest BCUT2D eigenvalue weighted by atomic mass is 10.1.